The van der Waals surface area contributed by atoms with E-state index in [0.717, 1.165) is 43.4 Å². The van der Waals surface area contributed by atoms with Crippen molar-refractivity contribution in [2.45, 2.75) is 69.4 Å². The first-order chi connectivity index (χ1) is 18.3. The van der Waals surface area contributed by atoms with Crippen LogP contribution in [0.5, 0.6) is 0 Å². The summed E-state index contributed by atoms with van der Waals surface area (Å²) in [5, 5.41) is 18.7. The van der Waals surface area contributed by atoms with Crippen molar-refractivity contribution in [3.63, 3.8) is 0 Å². The molecule has 0 amide bonds. The zero-order valence-electron chi connectivity index (χ0n) is 21.4. The fourth-order valence-electron chi connectivity index (χ4n) is 6.33. The van der Waals surface area contributed by atoms with E-state index in [9.17, 15) is 5.11 Å². The predicted molar refractivity (Wildman–Crippen MR) is 142 cm³/mol. The molecule has 198 valence electrons. The summed E-state index contributed by atoms with van der Waals surface area (Å²) in [6.45, 7) is 2.23. The lowest BCUT2D eigenvalue weighted by atomic mass is 9.76. The Labute approximate surface area is 220 Å². The zero-order valence-corrected chi connectivity index (χ0v) is 21.4. The minimum atomic E-state index is -1.18. The number of imidazole rings is 1. The zero-order chi connectivity index (χ0) is 26.4. The molecule has 4 N–H and O–H groups in total. The van der Waals surface area contributed by atoms with Gasteiger partial charge in [-0.15, -0.1) is 0 Å². The van der Waals surface area contributed by atoms with Crippen LogP contribution in [0.4, 0.5) is 20.4 Å². The molecule has 3 atom stereocenters. The van der Waals surface area contributed by atoms with Crippen LogP contribution in [0.2, 0.25) is 0 Å². The molecule has 9 heteroatoms. The Hall–Kier alpha value is -3.43. The Morgan fingerprint density at radius 1 is 1.05 bits per heavy atom. The summed E-state index contributed by atoms with van der Waals surface area (Å²) < 4.78 is 32.1. The summed E-state index contributed by atoms with van der Waals surface area (Å²) >= 11 is 0. The number of fused-ring (bicyclic) bond motifs is 1. The molecule has 3 aromatic heterocycles. The van der Waals surface area contributed by atoms with Gasteiger partial charge in [0.25, 0.3) is 0 Å². The molecule has 2 aliphatic carbocycles. The second-order valence-electron chi connectivity index (χ2n) is 11.0. The molecule has 3 heterocycles. The maximum absolute atomic E-state index is 15.3. The lowest BCUT2D eigenvalue weighted by Crippen LogP contribution is -2.31. The van der Waals surface area contributed by atoms with Crippen LogP contribution in [-0.4, -0.2) is 30.7 Å². The molecule has 38 heavy (non-hydrogen) atoms. The average Bonchev–Trinajstić information content (AvgIpc) is 3.50. The number of pyridine rings is 1. The molecule has 0 saturated heterocycles. The SMILES string of the molecule is CC1CC(N)CC(c2ccncc2Nc2ncc3ccc(-c4c(F)cc(C5(O)CCCC5)cc4F)nn23)C1. The molecule has 1 aromatic carbocycles. The van der Waals surface area contributed by atoms with E-state index in [1.807, 2.05) is 6.07 Å². The van der Waals surface area contributed by atoms with Gasteiger partial charge in [-0.2, -0.15) is 9.61 Å². The number of aliphatic hydroxyl groups is 1. The third-order valence-corrected chi connectivity index (χ3v) is 8.17. The van der Waals surface area contributed by atoms with Gasteiger partial charge < -0.3 is 16.2 Å². The van der Waals surface area contributed by atoms with Crippen molar-refractivity contribution in [1.29, 1.82) is 0 Å². The third-order valence-electron chi connectivity index (χ3n) is 8.17. The lowest BCUT2D eigenvalue weighted by molar-refractivity contribution is 0.0438. The fourth-order valence-corrected chi connectivity index (χ4v) is 6.33. The van der Waals surface area contributed by atoms with Gasteiger partial charge in [0, 0.05) is 12.2 Å². The van der Waals surface area contributed by atoms with Gasteiger partial charge in [0.1, 0.15) is 11.6 Å². The van der Waals surface area contributed by atoms with E-state index in [-0.39, 0.29) is 22.9 Å². The maximum Gasteiger partial charge on any atom is 0.229 e. The Kier molecular flexibility index (Phi) is 6.36. The molecule has 0 aliphatic heterocycles. The van der Waals surface area contributed by atoms with Crippen molar-refractivity contribution in [3.8, 4) is 11.3 Å². The highest BCUT2D eigenvalue weighted by Crippen LogP contribution is 2.41. The highest BCUT2D eigenvalue weighted by molar-refractivity contribution is 5.66. The summed E-state index contributed by atoms with van der Waals surface area (Å²) in [5.74, 6) is -0.252. The second-order valence-corrected chi connectivity index (χ2v) is 11.0. The van der Waals surface area contributed by atoms with Gasteiger partial charge in [0.15, 0.2) is 0 Å². The molecular weight excluding hydrogens is 486 g/mol. The highest BCUT2D eigenvalue weighted by Gasteiger charge is 2.34. The quantitative estimate of drug-likeness (QED) is 0.308. The first-order valence-corrected chi connectivity index (χ1v) is 13.3. The highest BCUT2D eigenvalue weighted by atomic mass is 19.1. The first-order valence-electron chi connectivity index (χ1n) is 13.3. The number of benzene rings is 1. The summed E-state index contributed by atoms with van der Waals surface area (Å²) in [7, 11) is 0. The number of nitrogens with zero attached hydrogens (tertiary/aromatic N) is 4. The van der Waals surface area contributed by atoms with Gasteiger partial charge in [-0.1, -0.05) is 19.8 Å². The van der Waals surface area contributed by atoms with Crippen LogP contribution in [0.1, 0.15) is 68.9 Å². The molecule has 3 unspecified atom stereocenters. The minimum absolute atomic E-state index is 0.136. The lowest BCUT2D eigenvalue weighted by Gasteiger charge is -2.32. The Morgan fingerprint density at radius 3 is 2.55 bits per heavy atom. The van der Waals surface area contributed by atoms with Crippen molar-refractivity contribution >= 4 is 17.2 Å². The number of hydrogen-bond donors (Lipinski definition) is 3. The molecule has 0 spiro atoms. The van der Waals surface area contributed by atoms with Crippen molar-refractivity contribution in [2.24, 2.45) is 11.7 Å². The largest absolute Gasteiger partial charge is 0.385 e. The van der Waals surface area contributed by atoms with Gasteiger partial charge in [0.2, 0.25) is 5.95 Å². The van der Waals surface area contributed by atoms with Crippen molar-refractivity contribution < 1.29 is 13.9 Å². The smallest absolute Gasteiger partial charge is 0.229 e. The maximum atomic E-state index is 15.3. The van der Waals surface area contributed by atoms with Crippen molar-refractivity contribution in [1.82, 2.24) is 19.6 Å². The number of nitrogens with one attached hydrogen (secondary N) is 1. The van der Waals surface area contributed by atoms with Crippen molar-refractivity contribution in [2.75, 3.05) is 5.32 Å². The monoisotopic (exact) mass is 518 g/mol. The van der Waals surface area contributed by atoms with Gasteiger partial charge in [-0.25, -0.2) is 13.8 Å². The minimum Gasteiger partial charge on any atom is -0.385 e. The van der Waals surface area contributed by atoms with Gasteiger partial charge in [0.05, 0.1) is 40.5 Å². The second kappa shape index (κ2) is 9.71. The van der Waals surface area contributed by atoms with E-state index in [1.54, 1.807) is 35.2 Å². The van der Waals surface area contributed by atoms with Crippen LogP contribution >= 0.6 is 0 Å². The predicted octanol–water partition coefficient (Wildman–Crippen LogP) is 5.81. The first kappa shape index (κ1) is 24.9. The molecule has 0 radical (unpaired) electrons. The van der Waals surface area contributed by atoms with E-state index in [0.29, 0.717) is 36.1 Å². The van der Waals surface area contributed by atoms with Crippen LogP contribution in [0, 0.1) is 17.6 Å². The topological polar surface area (TPSA) is 101 Å². The number of hydrogen-bond acceptors (Lipinski definition) is 6. The van der Waals surface area contributed by atoms with E-state index >= 15 is 8.78 Å². The number of anilines is 2. The molecule has 4 aromatic rings. The third kappa shape index (κ3) is 4.54. The van der Waals surface area contributed by atoms with E-state index in [2.05, 4.69) is 27.3 Å². The van der Waals surface area contributed by atoms with Gasteiger partial charge in [-0.05, 0) is 85.4 Å². The normalized spacial score (nSPS) is 23.1. The van der Waals surface area contributed by atoms with Crippen LogP contribution in [-0.2, 0) is 5.60 Å². The molecule has 6 rings (SSSR count). The molecule has 2 fully saturated rings. The van der Waals surface area contributed by atoms with E-state index in [1.165, 1.54) is 12.1 Å². The summed E-state index contributed by atoms with van der Waals surface area (Å²) in [6, 6.07) is 7.95. The van der Waals surface area contributed by atoms with Crippen LogP contribution in [0.25, 0.3) is 16.8 Å². The summed E-state index contributed by atoms with van der Waals surface area (Å²) in [6.07, 6.45) is 10.8. The van der Waals surface area contributed by atoms with Gasteiger partial charge >= 0.3 is 0 Å². The van der Waals surface area contributed by atoms with Crippen molar-refractivity contribution in [3.05, 3.63) is 71.7 Å². The molecule has 7 nitrogen and oxygen atoms in total. The standard InChI is InChI=1S/C29H32F2N6O/c1-17-10-18(12-20(32)11-17)22-6-9-33-16-26(22)35-28-34-15-21-4-5-25(36-37(21)28)27-23(30)13-19(14-24(27)31)29(38)7-2-3-8-29/h4-6,9,13-18,20,38H,2-3,7-8,10-12,32H2,1H3,(H,34,35). The average molecular weight is 519 g/mol. The van der Waals surface area contributed by atoms with Crippen LogP contribution in [0.3, 0.4) is 0 Å². The van der Waals surface area contributed by atoms with E-state index < -0.39 is 17.2 Å². The number of halogens is 2. The molecular formula is C29H32F2N6O. The summed E-state index contributed by atoms with van der Waals surface area (Å²) in [5.41, 5.74) is 7.93. The Bertz CT molecular complexity index is 1450. The Morgan fingerprint density at radius 2 is 1.82 bits per heavy atom. The van der Waals surface area contributed by atoms with Gasteiger partial charge in [-0.3, -0.25) is 4.98 Å². The number of nitrogens with two attached hydrogens (primary N) is 1. The fraction of sp³-hybridized carbons (Fsp3) is 0.414. The molecule has 2 saturated carbocycles. The molecule has 0 bridgehead atoms. The van der Waals surface area contributed by atoms with Crippen LogP contribution < -0.4 is 11.1 Å². The van der Waals surface area contributed by atoms with Crippen LogP contribution in [0.15, 0.2) is 48.9 Å². The Balaban J connectivity index is 1.34. The number of rotatable bonds is 5. The summed E-state index contributed by atoms with van der Waals surface area (Å²) in [4.78, 5) is 8.78. The number of aromatic nitrogens is 4. The van der Waals surface area contributed by atoms with E-state index in [4.69, 9.17) is 5.73 Å². The molecule has 2 aliphatic rings.